The van der Waals surface area contributed by atoms with E-state index in [0.29, 0.717) is 19.8 Å². The second-order valence-electron chi connectivity index (χ2n) is 4.81. The summed E-state index contributed by atoms with van der Waals surface area (Å²) in [6.07, 6.45) is -2.21. The van der Waals surface area contributed by atoms with Crippen molar-refractivity contribution in [3.63, 3.8) is 0 Å². The first-order chi connectivity index (χ1) is 7.58. The van der Waals surface area contributed by atoms with Crippen LogP contribution in [0.25, 0.3) is 0 Å². The highest BCUT2D eigenvalue weighted by Crippen LogP contribution is 2.30. The molecule has 0 bridgehead atoms. The van der Waals surface area contributed by atoms with Crippen LogP contribution in [0.2, 0.25) is 0 Å². The number of rotatable bonds is 3. The average molecular weight is 254 g/mol. The number of alkyl halides is 3. The molecule has 4 nitrogen and oxygen atoms in total. The molecule has 100 valence electrons. The van der Waals surface area contributed by atoms with Gasteiger partial charge in [0, 0.05) is 6.54 Å². The van der Waals surface area contributed by atoms with Gasteiger partial charge >= 0.3 is 6.18 Å². The van der Waals surface area contributed by atoms with Crippen molar-refractivity contribution < 1.29 is 23.1 Å². The van der Waals surface area contributed by atoms with Gasteiger partial charge in [0.25, 0.3) is 0 Å². The van der Waals surface area contributed by atoms with Gasteiger partial charge in [0.15, 0.2) is 5.54 Å². The maximum atomic E-state index is 12.4. The fraction of sp³-hybridized carbons (Fsp3) is 0.900. The lowest BCUT2D eigenvalue weighted by molar-refractivity contribution is -0.187. The monoisotopic (exact) mass is 254 g/mol. The van der Waals surface area contributed by atoms with Crippen LogP contribution in [0, 0.1) is 0 Å². The zero-order valence-corrected chi connectivity index (χ0v) is 9.60. The minimum absolute atomic E-state index is 0.186. The summed E-state index contributed by atoms with van der Waals surface area (Å²) in [5, 5.41) is 11.9. The predicted molar refractivity (Wildman–Crippen MR) is 55.1 cm³/mol. The van der Waals surface area contributed by atoms with Gasteiger partial charge in [0.2, 0.25) is 5.91 Å². The molecule has 1 saturated carbocycles. The minimum Gasteiger partial charge on any atom is -0.388 e. The van der Waals surface area contributed by atoms with E-state index in [4.69, 9.17) is 5.73 Å². The van der Waals surface area contributed by atoms with Crippen LogP contribution in [-0.4, -0.2) is 34.9 Å². The SMILES string of the molecule is CC(N)(C(=O)NCC1(O)CCCC1)C(F)(F)F. The van der Waals surface area contributed by atoms with Gasteiger partial charge in [-0.05, 0) is 19.8 Å². The fourth-order valence-corrected chi connectivity index (χ4v) is 1.77. The normalized spacial score (nSPS) is 23.2. The molecule has 0 aromatic heterocycles. The van der Waals surface area contributed by atoms with Crippen LogP contribution in [0.5, 0.6) is 0 Å². The number of hydrogen-bond acceptors (Lipinski definition) is 3. The zero-order chi connectivity index (χ0) is 13.3. The Morgan fingerprint density at radius 3 is 2.29 bits per heavy atom. The number of amides is 1. The maximum absolute atomic E-state index is 12.4. The van der Waals surface area contributed by atoms with Crippen LogP contribution in [0.1, 0.15) is 32.6 Å². The van der Waals surface area contributed by atoms with Crippen molar-refractivity contribution in [3.8, 4) is 0 Å². The Morgan fingerprint density at radius 2 is 1.88 bits per heavy atom. The van der Waals surface area contributed by atoms with Crippen molar-refractivity contribution in [1.82, 2.24) is 5.32 Å². The van der Waals surface area contributed by atoms with E-state index in [-0.39, 0.29) is 6.54 Å². The molecule has 0 saturated heterocycles. The maximum Gasteiger partial charge on any atom is 0.415 e. The summed E-state index contributed by atoms with van der Waals surface area (Å²) in [7, 11) is 0. The lowest BCUT2D eigenvalue weighted by Gasteiger charge is -2.29. The van der Waals surface area contributed by atoms with Crippen LogP contribution in [0.3, 0.4) is 0 Å². The molecule has 0 aromatic carbocycles. The van der Waals surface area contributed by atoms with E-state index in [9.17, 15) is 23.1 Å². The van der Waals surface area contributed by atoms with Crippen molar-refractivity contribution in [2.24, 2.45) is 5.73 Å². The van der Waals surface area contributed by atoms with Crippen molar-refractivity contribution in [1.29, 1.82) is 0 Å². The number of nitrogens with one attached hydrogen (secondary N) is 1. The van der Waals surface area contributed by atoms with Crippen molar-refractivity contribution >= 4 is 5.91 Å². The van der Waals surface area contributed by atoms with E-state index in [1.807, 2.05) is 0 Å². The van der Waals surface area contributed by atoms with Gasteiger partial charge in [-0.1, -0.05) is 12.8 Å². The van der Waals surface area contributed by atoms with Crippen molar-refractivity contribution in [2.45, 2.75) is 49.9 Å². The molecule has 0 aliphatic heterocycles. The number of carbonyl (C=O) groups excluding carboxylic acids is 1. The third kappa shape index (κ3) is 3.10. The van der Waals surface area contributed by atoms with Gasteiger partial charge < -0.3 is 16.2 Å². The summed E-state index contributed by atoms with van der Waals surface area (Å²) in [5.74, 6) is -1.31. The molecule has 0 radical (unpaired) electrons. The smallest absolute Gasteiger partial charge is 0.388 e. The average Bonchev–Trinajstić information content (AvgIpc) is 2.60. The molecule has 0 heterocycles. The third-order valence-corrected chi connectivity index (χ3v) is 3.17. The number of hydrogen-bond donors (Lipinski definition) is 3. The van der Waals surface area contributed by atoms with E-state index in [0.717, 1.165) is 12.8 Å². The predicted octanol–water partition coefficient (Wildman–Crippen LogP) is 0.687. The Labute approximate surface area is 97.4 Å². The molecule has 1 rings (SSSR count). The van der Waals surface area contributed by atoms with Gasteiger partial charge in [-0.15, -0.1) is 0 Å². The first kappa shape index (κ1) is 14.2. The number of aliphatic hydroxyl groups is 1. The van der Waals surface area contributed by atoms with Crippen LogP contribution in [0.15, 0.2) is 0 Å². The van der Waals surface area contributed by atoms with E-state index >= 15 is 0 Å². The second kappa shape index (κ2) is 4.45. The highest BCUT2D eigenvalue weighted by atomic mass is 19.4. The Balaban J connectivity index is 2.55. The van der Waals surface area contributed by atoms with Gasteiger partial charge in [-0.2, -0.15) is 13.2 Å². The third-order valence-electron chi connectivity index (χ3n) is 3.17. The van der Waals surface area contributed by atoms with Crippen molar-refractivity contribution in [2.75, 3.05) is 6.54 Å². The molecule has 0 aromatic rings. The lowest BCUT2D eigenvalue weighted by Crippen LogP contribution is -2.62. The standard InChI is InChI=1S/C10H17F3N2O2/c1-8(14,10(11,12)13)7(16)15-6-9(17)4-2-3-5-9/h17H,2-6,14H2,1H3,(H,15,16). The molecule has 1 aliphatic rings. The van der Waals surface area contributed by atoms with Crippen LogP contribution in [-0.2, 0) is 4.79 Å². The largest absolute Gasteiger partial charge is 0.415 e. The Bertz CT molecular complexity index is 296. The van der Waals surface area contributed by atoms with Crippen LogP contribution >= 0.6 is 0 Å². The zero-order valence-electron chi connectivity index (χ0n) is 9.60. The number of halogens is 3. The van der Waals surface area contributed by atoms with E-state index in [2.05, 4.69) is 5.32 Å². The number of nitrogens with two attached hydrogens (primary N) is 1. The summed E-state index contributed by atoms with van der Waals surface area (Å²) in [4.78, 5) is 11.3. The van der Waals surface area contributed by atoms with Gasteiger partial charge in [-0.3, -0.25) is 4.79 Å². The molecule has 1 aliphatic carbocycles. The summed E-state index contributed by atoms with van der Waals surface area (Å²) in [6.45, 7) is 0.426. The van der Waals surface area contributed by atoms with Gasteiger partial charge in [0.1, 0.15) is 0 Å². The fourth-order valence-electron chi connectivity index (χ4n) is 1.77. The molecular formula is C10H17F3N2O2. The Morgan fingerprint density at radius 1 is 1.41 bits per heavy atom. The van der Waals surface area contributed by atoms with E-state index in [1.54, 1.807) is 0 Å². The van der Waals surface area contributed by atoms with Gasteiger partial charge in [0.05, 0.1) is 5.60 Å². The molecule has 0 spiro atoms. The molecule has 1 unspecified atom stereocenters. The molecule has 17 heavy (non-hydrogen) atoms. The van der Waals surface area contributed by atoms with Crippen molar-refractivity contribution in [3.05, 3.63) is 0 Å². The van der Waals surface area contributed by atoms with E-state index < -0.39 is 23.2 Å². The Hall–Kier alpha value is -0.820. The molecule has 1 amide bonds. The van der Waals surface area contributed by atoms with Crippen LogP contribution < -0.4 is 11.1 Å². The topological polar surface area (TPSA) is 75.4 Å². The Kier molecular flexibility index (Phi) is 3.73. The first-order valence-electron chi connectivity index (χ1n) is 5.45. The summed E-state index contributed by atoms with van der Waals surface area (Å²) in [6, 6.07) is 0. The van der Waals surface area contributed by atoms with Crippen LogP contribution in [0.4, 0.5) is 13.2 Å². The molecule has 1 fully saturated rings. The summed E-state index contributed by atoms with van der Waals surface area (Å²) >= 11 is 0. The number of carbonyl (C=O) groups is 1. The second-order valence-corrected chi connectivity index (χ2v) is 4.81. The quantitative estimate of drug-likeness (QED) is 0.693. The van der Waals surface area contributed by atoms with E-state index in [1.165, 1.54) is 0 Å². The molecule has 7 heteroatoms. The molecular weight excluding hydrogens is 237 g/mol. The first-order valence-corrected chi connectivity index (χ1v) is 5.45. The van der Waals surface area contributed by atoms with Gasteiger partial charge in [-0.25, -0.2) is 0 Å². The molecule has 4 N–H and O–H groups in total. The summed E-state index contributed by atoms with van der Waals surface area (Å²) < 4.78 is 37.3. The highest BCUT2D eigenvalue weighted by Gasteiger charge is 2.54. The minimum atomic E-state index is -4.81. The summed E-state index contributed by atoms with van der Waals surface area (Å²) in [5.41, 5.74) is 0.932. The molecule has 1 atom stereocenters. The highest BCUT2D eigenvalue weighted by molar-refractivity contribution is 5.86. The lowest BCUT2D eigenvalue weighted by atomic mass is 9.99.